The molecule has 4 aliphatic rings. The maximum atomic E-state index is 12.4. The zero-order chi connectivity index (χ0) is 18.7. The van der Waals surface area contributed by atoms with Gasteiger partial charge in [-0.2, -0.15) is 0 Å². The van der Waals surface area contributed by atoms with Gasteiger partial charge in [-0.3, -0.25) is 0 Å². The third-order valence-corrected chi connectivity index (χ3v) is 8.45. The van der Waals surface area contributed by atoms with E-state index in [1.165, 1.54) is 103 Å². The third kappa shape index (κ3) is 4.13. The van der Waals surface area contributed by atoms with Crippen LogP contribution in [0.25, 0.3) is 0 Å². The SMILES string of the molecule is CC1(C2CCCCC2)C=C(C2CCCCC2)C(C=O)C(C2CCCCC2)=C1. The van der Waals surface area contributed by atoms with Crippen LogP contribution >= 0.6 is 0 Å². The van der Waals surface area contributed by atoms with Crippen molar-refractivity contribution in [2.45, 2.75) is 103 Å². The van der Waals surface area contributed by atoms with E-state index in [2.05, 4.69) is 19.1 Å². The topological polar surface area (TPSA) is 17.1 Å². The van der Waals surface area contributed by atoms with Crippen molar-refractivity contribution in [3.05, 3.63) is 23.3 Å². The molecule has 27 heavy (non-hydrogen) atoms. The Kier molecular flexibility index (Phi) is 6.25. The fourth-order valence-electron chi connectivity index (χ4n) is 6.86. The fraction of sp³-hybridized carbons (Fsp3) is 0.808. The van der Waals surface area contributed by atoms with E-state index in [0.29, 0.717) is 11.8 Å². The van der Waals surface area contributed by atoms with Crippen LogP contribution < -0.4 is 0 Å². The second kappa shape index (κ2) is 8.66. The summed E-state index contributed by atoms with van der Waals surface area (Å²) in [4.78, 5) is 12.4. The monoisotopic (exact) mass is 368 g/mol. The highest BCUT2D eigenvalue weighted by Crippen LogP contribution is 2.51. The van der Waals surface area contributed by atoms with E-state index >= 15 is 0 Å². The minimum atomic E-state index is 0.105. The molecule has 0 aromatic carbocycles. The lowest BCUT2D eigenvalue weighted by Gasteiger charge is -2.44. The number of allylic oxidation sites excluding steroid dienone is 4. The minimum Gasteiger partial charge on any atom is -0.302 e. The molecular weight excluding hydrogens is 328 g/mol. The van der Waals surface area contributed by atoms with Gasteiger partial charge in [0.2, 0.25) is 0 Å². The molecule has 0 aliphatic heterocycles. The normalized spacial score (nSPS) is 34.8. The molecule has 0 atom stereocenters. The van der Waals surface area contributed by atoms with E-state index in [1.54, 1.807) is 11.1 Å². The predicted octanol–water partition coefficient (Wildman–Crippen LogP) is 7.42. The molecule has 3 saturated carbocycles. The molecule has 0 radical (unpaired) electrons. The molecule has 0 heterocycles. The van der Waals surface area contributed by atoms with E-state index in [9.17, 15) is 4.79 Å². The average molecular weight is 369 g/mol. The zero-order valence-electron chi connectivity index (χ0n) is 17.6. The van der Waals surface area contributed by atoms with E-state index in [1.807, 2.05) is 0 Å². The first-order valence-electron chi connectivity index (χ1n) is 12.1. The number of hydrogen-bond donors (Lipinski definition) is 0. The lowest BCUT2D eigenvalue weighted by molar-refractivity contribution is -0.109. The van der Waals surface area contributed by atoms with Gasteiger partial charge in [-0.15, -0.1) is 0 Å². The Morgan fingerprint density at radius 3 is 1.52 bits per heavy atom. The zero-order valence-corrected chi connectivity index (χ0v) is 17.6. The van der Waals surface area contributed by atoms with Crippen LogP contribution in [0.15, 0.2) is 23.3 Å². The van der Waals surface area contributed by atoms with Gasteiger partial charge in [-0.1, -0.05) is 88.0 Å². The molecule has 0 unspecified atom stereocenters. The molecule has 1 nitrogen and oxygen atoms in total. The lowest BCUT2D eigenvalue weighted by Crippen LogP contribution is -2.35. The fourth-order valence-corrected chi connectivity index (χ4v) is 6.86. The third-order valence-electron chi connectivity index (χ3n) is 8.45. The molecule has 1 heteroatoms. The summed E-state index contributed by atoms with van der Waals surface area (Å²) in [5.74, 6) is 2.23. The first kappa shape index (κ1) is 19.5. The molecule has 0 N–H and O–H groups in total. The maximum Gasteiger partial charge on any atom is 0.131 e. The van der Waals surface area contributed by atoms with Crippen molar-refractivity contribution in [3.63, 3.8) is 0 Å². The van der Waals surface area contributed by atoms with E-state index in [4.69, 9.17) is 0 Å². The van der Waals surface area contributed by atoms with Crippen LogP contribution in [0, 0.1) is 29.1 Å². The van der Waals surface area contributed by atoms with E-state index < -0.39 is 0 Å². The first-order valence-corrected chi connectivity index (χ1v) is 12.1. The van der Waals surface area contributed by atoms with Gasteiger partial charge in [-0.05, 0) is 56.3 Å². The molecule has 0 aromatic heterocycles. The molecule has 0 amide bonds. The smallest absolute Gasteiger partial charge is 0.131 e. The van der Waals surface area contributed by atoms with Crippen molar-refractivity contribution < 1.29 is 4.79 Å². The number of hydrogen-bond acceptors (Lipinski definition) is 1. The molecule has 150 valence electrons. The van der Waals surface area contributed by atoms with Crippen LogP contribution in [0.1, 0.15) is 103 Å². The van der Waals surface area contributed by atoms with Crippen molar-refractivity contribution in [2.24, 2.45) is 29.1 Å². The first-order chi connectivity index (χ1) is 13.2. The summed E-state index contributed by atoms with van der Waals surface area (Å²) in [5, 5.41) is 0. The van der Waals surface area contributed by atoms with Gasteiger partial charge in [0, 0.05) is 5.41 Å². The molecule has 0 aromatic rings. The maximum absolute atomic E-state index is 12.4. The quantitative estimate of drug-likeness (QED) is 0.373. The Bertz CT molecular complexity index is 529. The molecule has 0 bridgehead atoms. The van der Waals surface area contributed by atoms with Crippen LogP contribution in [0.4, 0.5) is 0 Å². The summed E-state index contributed by atoms with van der Waals surface area (Å²) < 4.78 is 0. The van der Waals surface area contributed by atoms with Crippen LogP contribution in [-0.2, 0) is 4.79 Å². The minimum absolute atomic E-state index is 0.105. The van der Waals surface area contributed by atoms with Gasteiger partial charge in [0.05, 0.1) is 5.92 Å². The van der Waals surface area contributed by atoms with Crippen molar-refractivity contribution in [2.75, 3.05) is 0 Å². The van der Waals surface area contributed by atoms with Crippen molar-refractivity contribution >= 4 is 6.29 Å². The molecule has 0 saturated heterocycles. The summed E-state index contributed by atoms with van der Waals surface area (Å²) in [5.41, 5.74) is 3.28. The number of rotatable bonds is 4. The Morgan fingerprint density at radius 2 is 1.11 bits per heavy atom. The number of carbonyl (C=O) groups excluding carboxylic acids is 1. The van der Waals surface area contributed by atoms with Gasteiger partial charge in [-0.25, -0.2) is 0 Å². The van der Waals surface area contributed by atoms with Gasteiger partial charge in [0.1, 0.15) is 6.29 Å². The molecule has 4 rings (SSSR count). The van der Waals surface area contributed by atoms with Crippen LogP contribution in [0.3, 0.4) is 0 Å². The number of carbonyl (C=O) groups is 1. The Labute approximate surface area is 167 Å². The molecule has 0 spiro atoms. The summed E-state index contributed by atoms with van der Waals surface area (Å²) in [6, 6.07) is 0. The highest BCUT2D eigenvalue weighted by Gasteiger charge is 2.41. The second-order valence-corrected chi connectivity index (χ2v) is 10.3. The average Bonchev–Trinajstić information content (AvgIpc) is 2.75. The Morgan fingerprint density at radius 1 is 0.704 bits per heavy atom. The molecule has 3 fully saturated rings. The second-order valence-electron chi connectivity index (χ2n) is 10.3. The highest BCUT2D eigenvalue weighted by molar-refractivity contribution is 5.67. The molecular formula is C26H40O. The van der Waals surface area contributed by atoms with Crippen molar-refractivity contribution in [1.29, 1.82) is 0 Å². The van der Waals surface area contributed by atoms with Crippen LogP contribution in [0.5, 0.6) is 0 Å². The predicted molar refractivity (Wildman–Crippen MR) is 114 cm³/mol. The Hall–Kier alpha value is -0.850. The summed E-state index contributed by atoms with van der Waals surface area (Å²) in [6.45, 7) is 2.51. The van der Waals surface area contributed by atoms with Crippen molar-refractivity contribution in [1.82, 2.24) is 0 Å². The van der Waals surface area contributed by atoms with Gasteiger partial charge >= 0.3 is 0 Å². The van der Waals surface area contributed by atoms with Gasteiger partial charge in [0.15, 0.2) is 0 Å². The van der Waals surface area contributed by atoms with Crippen molar-refractivity contribution in [3.8, 4) is 0 Å². The van der Waals surface area contributed by atoms with Crippen LogP contribution in [-0.4, -0.2) is 6.29 Å². The number of aldehydes is 1. The van der Waals surface area contributed by atoms with Gasteiger partial charge < -0.3 is 4.79 Å². The lowest BCUT2D eigenvalue weighted by atomic mass is 9.60. The summed E-state index contributed by atoms with van der Waals surface area (Å²) in [6.07, 6.45) is 27.0. The molecule has 4 aliphatic carbocycles. The Balaban J connectivity index is 1.70. The standard InChI is InChI=1S/C26H40O/c1-26(22-15-9-4-10-16-22)17-23(20-11-5-2-6-12-20)25(19-27)24(18-26)21-13-7-3-8-14-21/h17-22,25H,2-16H2,1H3. The largest absolute Gasteiger partial charge is 0.302 e. The van der Waals surface area contributed by atoms with E-state index in [0.717, 1.165) is 5.92 Å². The summed E-state index contributed by atoms with van der Waals surface area (Å²) >= 11 is 0. The summed E-state index contributed by atoms with van der Waals surface area (Å²) in [7, 11) is 0. The van der Waals surface area contributed by atoms with E-state index in [-0.39, 0.29) is 11.3 Å². The van der Waals surface area contributed by atoms with Gasteiger partial charge in [0.25, 0.3) is 0 Å². The van der Waals surface area contributed by atoms with Crippen LogP contribution in [0.2, 0.25) is 0 Å². The highest BCUT2D eigenvalue weighted by atomic mass is 16.1.